The van der Waals surface area contributed by atoms with E-state index in [1.54, 1.807) is 0 Å². The third-order valence-electron chi connectivity index (χ3n) is 3.60. The summed E-state index contributed by atoms with van der Waals surface area (Å²) in [4.78, 5) is 7.36. The Morgan fingerprint density at radius 1 is 1.19 bits per heavy atom. The largest absolute Gasteiger partial charge is 0.354 e. The monoisotopic (exact) mass is 291 g/mol. The van der Waals surface area contributed by atoms with Crippen LogP contribution >= 0.6 is 0 Å². The van der Waals surface area contributed by atoms with Crippen molar-refractivity contribution in [2.24, 2.45) is 0 Å². The fraction of sp³-hybridized carbons (Fsp3) is 0.722. The van der Waals surface area contributed by atoms with Crippen molar-refractivity contribution < 1.29 is 0 Å². The van der Waals surface area contributed by atoms with E-state index < -0.39 is 0 Å². The number of hydrogen-bond donors (Lipinski definition) is 1. The van der Waals surface area contributed by atoms with E-state index in [2.05, 4.69) is 70.8 Å². The number of pyridine rings is 1. The van der Waals surface area contributed by atoms with Crippen molar-refractivity contribution in [1.29, 1.82) is 0 Å². The molecule has 1 N–H and O–H groups in total. The zero-order valence-electron chi connectivity index (χ0n) is 15.0. The second-order valence-corrected chi connectivity index (χ2v) is 7.04. The van der Waals surface area contributed by atoms with Gasteiger partial charge in [0.25, 0.3) is 0 Å². The topological polar surface area (TPSA) is 28.2 Å². The van der Waals surface area contributed by atoms with E-state index in [4.69, 9.17) is 4.98 Å². The van der Waals surface area contributed by atoms with E-state index in [0.717, 1.165) is 31.9 Å². The van der Waals surface area contributed by atoms with Crippen LogP contribution in [0.25, 0.3) is 0 Å². The summed E-state index contributed by atoms with van der Waals surface area (Å²) in [5, 5.41) is 3.42. The Hall–Kier alpha value is -1.09. The molecule has 0 saturated carbocycles. The lowest BCUT2D eigenvalue weighted by molar-refractivity contribution is 0.562. The molecule has 0 radical (unpaired) electrons. The minimum absolute atomic E-state index is 0.0752. The molecule has 0 aliphatic heterocycles. The highest BCUT2D eigenvalue weighted by molar-refractivity contribution is 5.44. The number of nitrogens with one attached hydrogen (secondary N) is 1. The summed E-state index contributed by atoms with van der Waals surface area (Å²) in [7, 11) is 0. The van der Waals surface area contributed by atoms with Gasteiger partial charge in [0.2, 0.25) is 0 Å². The first-order valence-corrected chi connectivity index (χ1v) is 8.28. The average molecular weight is 291 g/mol. The molecule has 0 amide bonds. The van der Waals surface area contributed by atoms with Crippen LogP contribution in [0, 0.1) is 0 Å². The quantitative estimate of drug-likeness (QED) is 0.819. The van der Waals surface area contributed by atoms with Crippen molar-refractivity contribution >= 4 is 5.82 Å². The van der Waals surface area contributed by atoms with Crippen molar-refractivity contribution in [2.45, 2.75) is 72.9 Å². The predicted octanol–water partition coefficient (Wildman–Crippen LogP) is 4.11. The molecule has 0 unspecified atom stereocenters. The molecule has 3 nitrogen and oxygen atoms in total. The van der Waals surface area contributed by atoms with Gasteiger partial charge in [0.15, 0.2) is 0 Å². The van der Waals surface area contributed by atoms with Gasteiger partial charge in [-0.05, 0) is 44.5 Å². The van der Waals surface area contributed by atoms with E-state index in [9.17, 15) is 0 Å². The number of hydrogen-bond acceptors (Lipinski definition) is 3. The minimum Gasteiger partial charge on any atom is -0.354 e. The molecule has 0 atom stereocenters. The molecule has 1 aromatic rings. The third-order valence-corrected chi connectivity index (χ3v) is 3.60. The molecular weight excluding hydrogens is 258 g/mol. The van der Waals surface area contributed by atoms with E-state index >= 15 is 0 Å². The van der Waals surface area contributed by atoms with Crippen molar-refractivity contribution in [3.63, 3.8) is 0 Å². The molecule has 0 aromatic carbocycles. The lowest BCUT2D eigenvalue weighted by Gasteiger charge is -2.30. The van der Waals surface area contributed by atoms with Gasteiger partial charge in [-0.15, -0.1) is 0 Å². The first-order valence-electron chi connectivity index (χ1n) is 8.28. The van der Waals surface area contributed by atoms with Crippen molar-refractivity contribution in [3.05, 3.63) is 23.4 Å². The molecule has 120 valence electrons. The Bertz CT molecular complexity index is 433. The molecule has 1 heterocycles. The second kappa shape index (κ2) is 7.79. The van der Waals surface area contributed by atoms with Crippen LogP contribution in [0.5, 0.6) is 0 Å². The first-order chi connectivity index (χ1) is 9.79. The smallest absolute Gasteiger partial charge is 0.129 e. The van der Waals surface area contributed by atoms with Gasteiger partial charge in [0.1, 0.15) is 5.82 Å². The maximum Gasteiger partial charge on any atom is 0.129 e. The van der Waals surface area contributed by atoms with Crippen LogP contribution < -0.4 is 10.2 Å². The summed E-state index contributed by atoms with van der Waals surface area (Å²) in [6.45, 7) is 18.5. The molecule has 0 aliphatic carbocycles. The molecule has 0 saturated heterocycles. The van der Waals surface area contributed by atoms with E-state index in [0.29, 0.717) is 6.04 Å². The predicted molar refractivity (Wildman–Crippen MR) is 93.1 cm³/mol. The maximum atomic E-state index is 4.95. The highest BCUT2D eigenvalue weighted by Crippen LogP contribution is 2.26. The Kier molecular flexibility index (Phi) is 6.66. The van der Waals surface area contributed by atoms with Crippen LogP contribution in [-0.4, -0.2) is 24.1 Å². The van der Waals surface area contributed by atoms with Gasteiger partial charge in [-0.3, -0.25) is 0 Å². The molecule has 21 heavy (non-hydrogen) atoms. The molecule has 0 spiro atoms. The number of rotatable bonds is 7. The highest BCUT2D eigenvalue weighted by Gasteiger charge is 2.20. The average Bonchev–Trinajstić information content (AvgIpc) is 2.40. The normalized spacial score (nSPS) is 12.0. The summed E-state index contributed by atoms with van der Waals surface area (Å²) in [5.74, 6) is 1.12. The van der Waals surface area contributed by atoms with Crippen molar-refractivity contribution in [2.75, 3.05) is 18.0 Å². The molecule has 0 fully saturated rings. The highest BCUT2D eigenvalue weighted by atomic mass is 15.2. The van der Waals surface area contributed by atoms with Crippen LogP contribution in [0.4, 0.5) is 5.82 Å². The second-order valence-electron chi connectivity index (χ2n) is 7.04. The lowest BCUT2D eigenvalue weighted by atomic mass is 9.90. The Labute approximate surface area is 131 Å². The van der Waals surface area contributed by atoms with Crippen LogP contribution in [0.1, 0.15) is 66.1 Å². The Morgan fingerprint density at radius 2 is 1.86 bits per heavy atom. The summed E-state index contributed by atoms with van der Waals surface area (Å²) in [6.07, 6.45) is 1.14. The zero-order chi connectivity index (χ0) is 16.0. The summed E-state index contributed by atoms with van der Waals surface area (Å²) >= 11 is 0. The van der Waals surface area contributed by atoms with Gasteiger partial charge in [0.05, 0.1) is 0 Å². The summed E-state index contributed by atoms with van der Waals surface area (Å²) < 4.78 is 0. The lowest BCUT2D eigenvalue weighted by Crippen LogP contribution is -2.33. The third kappa shape index (κ3) is 5.31. The number of nitrogens with zero attached hydrogens (tertiary/aromatic N) is 2. The Balaban J connectivity index is 3.22. The zero-order valence-corrected chi connectivity index (χ0v) is 15.0. The summed E-state index contributed by atoms with van der Waals surface area (Å²) in [5.41, 5.74) is 2.58. The maximum absolute atomic E-state index is 4.95. The van der Waals surface area contributed by atoms with E-state index in [1.807, 2.05) is 0 Å². The van der Waals surface area contributed by atoms with Gasteiger partial charge in [-0.1, -0.05) is 34.6 Å². The van der Waals surface area contributed by atoms with Gasteiger partial charge in [0, 0.05) is 30.2 Å². The SMILES string of the molecule is CCCN(c1cc(CNCC)cc(C(C)(C)C)n1)C(C)C. The molecule has 1 rings (SSSR count). The standard InChI is InChI=1S/C18H33N3/c1-8-10-21(14(3)4)17-12-15(13-19-9-2)11-16(20-17)18(5,6)7/h11-12,14,19H,8-10,13H2,1-7H3. The number of aromatic nitrogens is 1. The minimum atomic E-state index is 0.0752. The molecule has 0 aliphatic rings. The van der Waals surface area contributed by atoms with Crippen molar-refractivity contribution in [3.8, 4) is 0 Å². The first kappa shape index (κ1) is 18.0. The molecule has 1 aromatic heterocycles. The van der Waals surface area contributed by atoms with E-state index in [1.165, 1.54) is 11.3 Å². The van der Waals surface area contributed by atoms with E-state index in [-0.39, 0.29) is 5.41 Å². The molecular formula is C18H33N3. The van der Waals surface area contributed by atoms with Crippen molar-refractivity contribution in [1.82, 2.24) is 10.3 Å². The molecule has 3 heteroatoms. The fourth-order valence-corrected chi connectivity index (χ4v) is 2.35. The van der Waals surface area contributed by atoms with Crippen LogP contribution in [0.2, 0.25) is 0 Å². The van der Waals surface area contributed by atoms with Gasteiger partial charge < -0.3 is 10.2 Å². The van der Waals surface area contributed by atoms with Gasteiger partial charge >= 0.3 is 0 Å². The van der Waals surface area contributed by atoms with Gasteiger partial charge in [-0.25, -0.2) is 4.98 Å². The number of anilines is 1. The van der Waals surface area contributed by atoms with Gasteiger partial charge in [-0.2, -0.15) is 0 Å². The molecule has 0 bridgehead atoms. The Morgan fingerprint density at radius 3 is 2.33 bits per heavy atom. The van der Waals surface area contributed by atoms with Crippen LogP contribution in [0.3, 0.4) is 0 Å². The summed E-state index contributed by atoms with van der Waals surface area (Å²) in [6, 6.07) is 4.96. The fourth-order valence-electron chi connectivity index (χ4n) is 2.35. The van der Waals surface area contributed by atoms with Crippen LogP contribution in [-0.2, 0) is 12.0 Å². The van der Waals surface area contributed by atoms with Crippen LogP contribution in [0.15, 0.2) is 12.1 Å².